The number of rotatable bonds is 7. The van der Waals surface area contributed by atoms with Gasteiger partial charge in [0, 0.05) is 36.1 Å². The van der Waals surface area contributed by atoms with Gasteiger partial charge in [-0.2, -0.15) is 16.9 Å². The Hall–Kier alpha value is -1.17. The van der Waals surface area contributed by atoms with Gasteiger partial charge < -0.3 is 10.6 Å². The van der Waals surface area contributed by atoms with E-state index in [1.54, 1.807) is 0 Å². The second-order valence-corrected chi connectivity index (χ2v) is 7.69. The Bertz CT molecular complexity index is 529. The second-order valence-electron chi connectivity index (χ2n) is 6.12. The molecule has 1 fully saturated rings. The van der Waals surface area contributed by atoms with E-state index in [4.69, 9.17) is 0 Å². The monoisotopic (exact) mass is 338 g/mol. The van der Waals surface area contributed by atoms with Crippen molar-refractivity contribution in [2.24, 2.45) is 7.05 Å². The summed E-state index contributed by atoms with van der Waals surface area (Å²) in [6, 6.07) is 0.273. The maximum Gasteiger partial charge on any atom is 0.315 e. The highest BCUT2D eigenvalue weighted by molar-refractivity contribution is 7.99. The van der Waals surface area contributed by atoms with Crippen molar-refractivity contribution < 1.29 is 4.79 Å². The summed E-state index contributed by atoms with van der Waals surface area (Å²) in [6.07, 6.45) is 5.23. The summed E-state index contributed by atoms with van der Waals surface area (Å²) in [6.45, 7) is 6.99. The van der Waals surface area contributed by atoms with Crippen molar-refractivity contribution in [1.29, 1.82) is 0 Å². The highest BCUT2D eigenvalue weighted by atomic mass is 32.2. The first-order valence-corrected chi connectivity index (χ1v) is 9.83. The lowest BCUT2D eigenvalue weighted by atomic mass is 10.1. The van der Waals surface area contributed by atoms with E-state index in [1.165, 1.54) is 17.7 Å². The highest BCUT2D eigenvalue weighted by Gasteiger charge is 2.25. The van der Waals surface area contributed by atoms with Crippen molar-refractivity contribution in [3.05, 3.63) is 17.0 Å². The molecule has 0 bridgehead atoms. The van der Waals surface area contributed by atoms with E-state index in [0.717, 1.165) is 37.1 Å². The van der Waals surface area contributed by atoms with Gasteiger partial charge >= 0.3 is 6.03 Å². The molecule has 0 radical (unpaired) electrons. The number of nitrogens with one attached hydrogen (secondary N) is 2. The lowest BCUT2D eigenvalue weighted by Gasteiger charge is -2.14. The number of urea groups is 1. The lowest BCUT2D eigenvalue weighted by Crippen LogP contribution is -2.41. The summed E-state index contributed by atoms with van der Waals surface area (Å²) >= 11 is 2.01. The molecule has 6 heteroatoms. The quantitative estimate of drug-likeness (QED) is 0.803. The molecule has 5 nitrogen and oxygen atoms in total. The Balaban J connectivity index is 1.85. The molecule has 0 saturated heterocycles. The number of carbonyl (C=O) groups is 1. The first-order valence-electron chi connectivity index (χ1n) is 8.78. The van der Waals surface area contributed by atoms with Gasteiger partial charge in [0.05, 0.1) is 5.69 Å². The number of aryl methyl sites for hydroxylation is 2. The number of hydrogen-bond donors (Lipinski definition) is 2. The van der Waals surface area contributed by atoms with Gasteiger partial charge in [0.2, 0.25) is 0 Å². The first-order chi connectivity index (χ1) is 11.1. The molecule has 2 N–H and O–H groups in total. The molecule has 1 aromatic heterocycles. The summed E-state index contributed by atoms with van der Waals surface area (Å²) in [5.41, 5.74) is 3.48. The van der Waals surface area contributed by atoms with Crippen LogP contribution in [0.2, 0.25) is 0 Å². The van der Waals surface area contributed by atoms with Crippen LogP contribution >= 0.6 is 11.8 Å². The molecule has 0 aromatic carbocycles. The lowest BCUT2D eigenvalue weighted by molar-refractivity contribution is 0.236. The largest absolute Gasteiger partial charge is 0.335 e. The van der Waals surface area contributed by atoms with Gasteiger partial charge in [-0.05, 0) is 37.9 Å². The molecule has 23 heavy (non-hydrogen) atoms. The minimum Gasteiger partial charge on any atom is -0.335 e. The Morgan fingerprint density at radius 1 is 1.30 bits per heavy atom. The summed E-state index contributed by atoms with van der Waals surface area (Å²) in [4.78, 5) is 12.2. The zero-order valence-corrected chi connectivity index (χ0v) is 15.6. The maximum atomic E-state index is 12.2. The standard InChI is InChI=1S/C17H30N4OS/c1-5-15-14(16(6-2)21(4)20-15)11-18-17(22)19-12-8-9-13(10-12)23-7-3/h12-13H,5-11H2,1-4H3,(H2,18,19,22)/t12-,13-/m0/s1. The molecule has 0 unspecified atom stereocenters. The molecule has 130 valence electrons. The van der Waals surface area contributed by atoms with E-state index >= 15 is 0 Å². The SMILES string of the molecule is CCS[C@H]1CC[C@H](NC(=O)NCc2c(CC)nn(C)c2CC)C1. The fourth-order valence-corrected chi connectivity index (χ4v) is 4.60. The van der Waals surface area contributed by atoms with Crippen LogP contribution in [0.1, 0.15) is 57.0 Å². The topological polar surface area (TPSA) is 59.0 Å². The minimum atomic E-state index is -0.0508. The van der Waals surface area contributed by atoms with Gasteiger partial charge in [-0.25, -0.2) is 4.79 Å². The van der Waals surface area contributed by atoms with E-state index in [0.29, 0.717) is 17.8 Å². The third-order valence-electron chi connectivity index (χ3n) is 4.58. The summed E-state index contributed by atoms with van der Waals surface area (Å²) < 4.78 is 1.94. The van der Waals surface area contributed by atoms with Crippen molar-refractivity contribution in [2.45, 2.75) is 70.7 Å². The predicted molar refractivity (Wildman–Crippen MR) is 96.9 cm³/mol. The van der Waals surface area contributed by atoms with Crippen LogP contribution in [0.15, 0.2) is 0 Å². The van der Waals surface area contributed by atoms with Crippen molar-refractivity contribution in [3.63, 3.8) is 0 Å². The van der Waals surface area contributed by atoms with Crippen molar-refractivity contribution >= 4 is 17.8 Å². The normalized spacial score (nSPS) is 20.7. The Morgan fingerprint density at radius 3 is 2.74 bits per heavy atom. The van der Waals surface area contributed by atoms with Gasteiger partial charge in [0.15, 0.2) is 0 Å². The third kappa shape index (κ3) is 4.66. The van der Waals surface area contributed by atoms with Crippen LogP contribution in [0, 0.1) is 0 Å². The molecule has 0 aliphatic heterocycles. The average molecular weight is 339 g/mol. The van der Waals surface area contributed by atoms with Gasteiger partial charge in [-0.1, -0.05) is 20.8 Å². The molecule has 1 aromatic rings. The van der Waals surface area contributed by atoms with E-state index in [1.807, 2.05) is 23.5 Å². The fraction of sp³-hybridized carbons (Fsp3) is 0.765. The van der Waals surface area contributed by atoms with Crippen LogP contribution in [0.4, 0.5) is 4.79 Å². The van der Waals surface area contributed by atoms with Crippen LogP contribution in [-0.2, 0) is 26.4 Å². The van der Waals surface area contributed by atoms with Crippen LogP contribution < -0.4 is 10.6 Å². The molecule has 2 atom stereocenters. The van der Waals surface area contributed by atoms with Crippen LogP contribution in [-0.4, -0.2) is 32.9 Å². The molecule has 1 aliphatic carbocycles. The summed E-state index contributed by atoms with van der Waals surface area (Å²) in [7, 11) is 1.98. The average Bonchev–Trinajstić information content (AvgIpc) is 3.09. The third-order valence-corrected chi connectivity index (χ3v) is 5.81. The minimum absolute atomic E-state index is 0.0508. The number of amides is 2. The number of nitrogens with zero attached hydrogens (tertiary/aromatic N) is 2. The number of thioether (sulfide) groups is 1. The number of carbonyl (C=O) groups excluding carboxylic acids is 1. The van der Waals surface area contributed by atoms with E-state index in [2.05, 4.69) is 36.5 Å². The van der Waals surface area contributed by atoms with E-state index in [9.17, 15) is 4.79 Å². The van der Waals surface area contributed by atoms with E-state index < -0.39 is 0 Å². The molecule has 2 amide bonds. The molecule has 2 rings (SSSR count). The van der Waals surface area contributed by atoms with Crippen molar-refractivity contribution in [3.8, 4) is 0 Å². The molecular weight excluding hydrogens is 308 g/mol. The summed E-state index contributed by atoms with van der Waals surface area (Å²) in [5, 5.41) is 11.4. The molecular formula is C17H30N4OS. The van der Waals surface area contributed by atoms with Crippen LogP contribution in [0.3, 0.4) is 0 Å². The Morgan fingerprint density at radius 2 is 2.09 bits per heavy atom. The second kappa shape index (κ2) is 8.62. The van der Waals surface area contributed by atoms with Crippen LogP contribution in [0.5, 0.6) is 0 Å². The highest BCUT2D eigenvalue weighted by Crippen LogP contribution is 2.29. The van der Waals surface area contributed by atoms with Crippen molar-refractivity contribution in [2.75, 3.05) is 5.75 Å². The number of aromatic nitrogens is 2. The smallest absolute Gasteiger partial charge is 0.315 e. The van der Waals surface area contributed by atoms with Crippen LogP contribution in [0.25, 0.3) is 0 Å². The first kappa shape index (κ1) is 18.2. The summed E-state index contributed by atoms with van der Waals surface area (Å²) in [5.74, 6) is 1.16. The molecule has 1 aliphatic rings. The zero-order valence-electron chi connectivity index (χ0n) is 14.8. The molecule has 0 spiro atoms. The molecule has 1 heterocycles. The zero-order chi connectivity index (χ0) is 16.8. The fourth-order valence-electron chi connectivity index (χ4n) is 3.46. The Labute approximate surface area is 144 Å². The molecule has 1 saturated carbocycles. The maximum absolute atomic E-state index is 12.2. The predicted octanol–water partition coefficient (Wildman–Crippen LogP) is 3.02. The number of hydrogen-bond acceptors (Lipinski definition) is 3. The van der Waals surface area contributed by atoms with Gasteiger partial charge in [-0.15, -0.1) is 0 Å². The Kier molecular flexibility index (Phi) is 6.81. The van der Waals surface area contributed by atoms with Crippen molar-refractivity contribution in [1.82, 2.24) is 20.4 Å². The van der Waals surface area contributed by atoms with E-state index in [-0.39, 0.29) is 6.03 Å². The van der Waals surface area contributed by atoms with Gasteiger partial charge in [0.25, 0.3) is 0 Å². The van der Waals surface area contributed by atoms with Gasteiger partial charge in [0.1, 0.15) is 0 Å². The van der Waals surface area contributed by atoms with Gasteiger partial charge in [-0.3, -0.25) is 4.68 Å².